The Morgan fingerprint density at radius 2 is 2.17 bits per heavy atom. The van der Waals surface area contributed by atoms with Crippen LogP contribution in [0.1, 0.15) is 11.1 Å². The molecule has 0 atom stereocenters. The zero-order valence-corrected chi connectivity index (χ0v) is 8.76. The van der Waals surface area contributed by atoms with E-state index in [0.29, 0.717) is 5.75 Å². The topological polar surface area (TPSA) is 32.3 Å². The number of nitrogens with one attached hydrogen (secondary N) is 1. The van der Waals surface area contributed by atoms with E-state index in [9.17, 15) is 5.11 Å². The van der Waals surface area contributed by atoms with Crippen LogP contribution in [0.2, 0.25) is 0 Å². The average molecular weight is 275 g/mol. The fourth-order valence-corrected chi connectivity index (χ4v) is 2.24. The molecule has 0 radical (unpaired) electrons. The zero-order chi connectivity index (χ0) is 8.55. The molecule has 1 aromatic rings. The second-order valence-corrected chi connectivity index (χ2v) is 4.11. The van der Waals surface area contributed by atoms with Crippen LogP contribution < -0.4 is 5.32 Å². The summed E-state index contributed by atoms with van der Waals surface area (Å²) in [6, 6.07) is 3.74. The number of hydrogen-bond acceptors (Lipinski definition) is 2. The Morgan fingerprint density at radius 3 is 2.92 bits per heavy atom. The van der Waals surface area contributed by atoms with Gasteiger partial charge >= 0.3 is 0 Å². The summed E-state index contributed by atoms with van der Waals surface area (Å²) >= 11 is 2.31. The maximum absolute atomic E-state index is 9.55. The largest absolute Gasteiger partial charge is 0.508 e. The smallest absolute Gasteiger partial charge is 0.119 e. The summed E-state index contributed by atoms with van der Waals surface area (Å²) in [4.78, 5) is 0. The molecule has 0 amide bonds. The number of rotatable bonds is 0. The normalized spacial score (nSPS) is 15.8. The second-order valence-electron chi connectivity index (χ2n) is 2.95. The summed E-state index contributed by atoms with van der Waals surface area (Å²) in [5.41, 5.74) is 2.39. The molecule has 0 fully saturated rings. The summed E-state index contributed by atoms with van der Waals surface area (Å²) in [6.07, 6.45) is 0.942. The second kappa shape index (κ2) is 3.22. The van der Waals surface area contributed by atoms with Gasteiger partial charge in [-0.2, -0.15) is 0 Å². The van der Waals surface area contributed by atoms with Crippen LogP contribution in [-0.4, -0.2) is 11.7 Å². The Bertz CT molecular complexity index is 281. The molecule has 2 N–H and O–H groups in total. The molecule has 0 bridgehead atoms. The number of phenols is 1. The molecular formula is C9H10INO. The third kappa shape index (κ3) is 1.31. The first kappa shape index (κ1) is 8.31. The number of phenolic OH excluding ortho intramolecular Hbond substituents is 1. The van der Waals surface area contributed by atoms with Crippen molar-refractivity contribution in [1.29, 1.82) is 0 Å². The Morgan fingerprint density at radius 1 is 1.33 bits per heavy atom. The van der Waals surface area contributed by atoms with Crippen molar-refractivity contribution >= 4 is 22.6 Å². The Balaban J connectivity index is 2.57. The van der Waals surface area contributed by atoms with Gasteiger partial charge < -0.3 is 10.4 Å². The van der Waals surface area contributed by atoms with Crippen molar-refractivity contribution in [1.82, 2.24) is 5.32 Å². The van der Waals surface area contributed by atoms with E-state index in [1.165, 1.54) is 9.13 Å². The SMILES string of the molecule is Oc1ccc(I)c2c1CCNC2. The molecule has 0 unspecified atom stereocenters. The molecular weight excluding hydrogens is 265 g/mol. The van der Waals surface area contributed by atoms with Crippen molar-refractivity contribution in [2.24, 2.45) is 0 Å². The van der Waals surface area contributed by atoms with Crippen molar-refractivity contribution in [2.75, 3.05) is 6.54 Å². The van der Waals surface area contributed by atoms with Gasteiger partial charge in [0.1, 0.15) is 5.75 Å². The number of benzene rings is 1. The van der Waals surface area contributed by atoms with Crippen molar-refractivity contribution in [3.8, 4) is 5.75 Å². The lowest BCUT2D eigenvalue weighted by atomic mass is 10.0. The minimum Gasteiger partial charge on any atom is -0.508 e. The molecule has 1 aliphatic heterocycles. The molecule has 2 rings (SSSR count). The summed E-state index contributed by atoms with van der Waals surface area (Å²) in [6.45, 7) is 1.86. The summed E-state index contributed by atoms with van der Waals surface area (Å²) < 4.78 is 1.24. The highest BCUT2D eigenvalue weighted by Gasteiger charge is 2.14. The minimum atomic E-state index is 0.451. The van der Waals surface area contributed by atoms with Gasteiger partial charge in [-0.25, -0.2) is 0 Å². The highest BCUT2D eigenvalue weighted by molar-refractivity contribution is 14.1. The van der Waals surface area contributed by atoms with E-state index in [2.05, 4.69) is 27.9 Å². The van der Waals surface area contributed by atoms with Crippen LogP contribution in [0.3, 0.4) is 0 Å². The fraction of sp³-hybridized carbons (Fsp3) is 0.333. The van der Waals surface area contributed by atoms with Crippen LogP contribution in [0.4, 0.5) is 0 Å². The maximum atomic E-state index is 9.55. The van der Waals surface area contributed by atoms with Gasteiger partial charge in [0.15, 0.2) is 0 Å². The Kier molecular flexibility index (Phi) is 2.23. The van der Waals surface area contributed by atoms with Gasteiger partial charge in [0.05, 0.1) is 0 Å². The standard InChI is InChI=1S/C9H10INO/c10-8-1-2-9(12)6-3-4-11-5-7(6)8/h1-2,11-12H,3-5H2. The monoisotopic (exact) mass is 275 g/mol. The summed E-state index contributed by atoms with van der Waals surface area (Å²) in [7, 11) is 0. The lowest BCUT2D eigenvalue weighted by molar-refractivity contribution is 0.460. The molecule has 0 spiro atoms. The van der Waals surface area contributed by atoms with Crippen molar-refractivity contribution < 1.29 is 5.11 Å². The molecule has 0 saturated heterocycles. The van der Waals surface area contributed by atoms with Crippen LogP contribution in [0.25, 0.3) is 0 Å². The van der Waals surface area contributed by atoms with E-state index < -0.39 is 0 Å². The van der Waals surface area contributed by atoms with Gasteiger partial charge in [0.2, 0.25) is 0 Å². The lowest BCUT2D eigenvalue weighted by Crippen LogP contribution is -2.24. The highest BCUT2D eigenvalue weighted by atomic mass is 127. The molecule has 0 aromatic heterocycles. The van der Waals surface area contributed by atoms with Crippen molar-refractivity contribution in [3.63, 3.8) is 0 Å². The highest BCUT2D eigenvalue weighted by Crippen LogP contribution is 2.27. The predicted octanol–water partition coefficient (Wildman–Crippen LogP) is 1.64. The first-order valence-corrected chi connectivity index (χ1v) is 5.07. The quantitative estimate of drug-likeness (QED) is 0.705. The number of hydrogen-bond donors (Lipinski definition) is 2. The van der Waals surface area contributed by atoms with Gasteiger partial charge in [-0.3, -0.25) is 0 Å². The van der Waals surface area contributed by atoms with Gasteiger partial charge in [0, 0.05) is 15.7 Å². The van der Waals surface area contributed by atoms with Gasteiger partial charge in [0.25, 0.3) is 0 Å². The van der Waals surface area contributed by atoms with E-state index in [4.69, 9.17) is 0 Å². The molecule has 0 saturated carbocycles. The van der Waals surface area contributed by atoms with Crippen LogP contribution in [0.15, 0.2) is 12.1 Å². The summed E-state index contributed by atoms with van der Waals surface area (Å²) in [5.74, 6) is 0.451. The molecule has 1 heterocycles. The van der Waals surface area contributed by atoms with Gasteiger partial charge in [-0.05, 0) is 53.3 Å². The van der Waals surface area contributed by atoms with E-state index in [0.717, 1.165) is 25.1 Å². The number of aromatic hydroxyl groups is 1. The third-order valence-corrected chi connectivity index (χ3v) is 3.21. The Hall–Kier alpha value is -0.290. The maximum Gasteiger partial charge on any atom is 0.119 e. The van der Waals surface area contributed by atoms with E-state index >= 15 is 0 Å². The molecule has 64 valence electrons. The molecule has 2 nitrogen and oxygen atoms in total. The van der Waals surface area contributed by atoms with Crippen LogP contribution in [0, 0.1) is 3.57 Å². The first-order valence-electron chi connectivity index (χ1n) is 3.99. The average Bonchev–Trinajstić information content (AvgIpc) is 2.12. The molecule has 3 heteroatoms. The van der Waals surface area contributed by atoms with E-state index in [1.807, 2.05) is 6.07 Å². The van der Waals surface area contributed by atoms with Crippen LogP contribution in [0.5, 0.6) is 5.75 Å². The van der Waals surface area contributed by atoms with Crippen LogP contribution >= 0.6 is 22.6 Å². The number of halogens is 1. The minimum absolute atomic E-state index is 0.451. The van der Waals surface area contributed by atoms with Gasteiger partial charge in [-0.1, -0.05) is 0 Å². The molecule has 1 aliphatic rings. The van der Waals surface area contributed by atoms with Crippen LogP contribution in [-0.2, 0) is 13.0 Å². The fourth-order valence-electron chi connectivity index (χ4n) is 1.55. The Labute approximate surface area is 85.1 Å². The third-order valence-electron chi connectivity index (χ3n) is 2.20. The molecule has 0 aliphatic carbocycles. The lowest BCUT2D eigenvalue weighted by Gasteiger charge is -2.19. The van der Waals surface area contributed by atoms with Gasteiger partial charge in [-0.15, -0.1) is 0 Å². The van der Waals surface area contributed by atoms with E-state index in [1.54, 1.807) is 6.07 Å². The zero-order valence-electron chi connectivity index (χ0n) is 6.60. The van der Waals surface area contributed by atoms with E-state index in [-0.39, 0.29) is 0 Å². The molecule has 1 aromatic carbocycles. The first-order chi connectivity index (χ1) is 5.79. The summed E-state index contributed by atoms with van der Waals surface area (Å²) in [5, 5.41) is 12.8. The van der Waals surface area contributed by atoms with Crippen molar-refractivity contribution in [3.05, 3.63) is 26.8 Å². The predicted molar refractivity (Wildman–Crippen MR) is 56.2 cm³/mol. The molecule has 12 heavy (non-hydrogen) atoms. The van der Waals surface area contributed by atoms with Crippen molar-refractivity contribution in [2.45, 2.75) is 13.0 Å². The number of fused-ring (bicyclic) bond motifs is 1.